The lowest BCUT2D eigenvalue weighted by Gasteiger charge is -2.14. The summed E-state index contributed by atoms with van der Waals surface area (Å²) in [6.07, 6.45) is 2.10. The number of nitrogens with one attached hydrogen (secondary N) is 1. The van der Waals surface area contributed by atoms with Crippen LogP contribution in [0.4, 0.5) is 9.52 Å². The molecule has 0 aliphatic carbocycles. The zero-order chi connectivity index (χ0) is 20.1. The minimum absolute atomic E-state index is 0.0919. The van der Waals surface area contributed by atoms with Gasteiger partial charge < -0.3 is 4.74 Å². The van der Waals surface area contributed by atoms with Crippen molar-refractivity contribution in [2.45, 2.75) is 33.1 Å². The Bertz CT molecular complexity index is 969. The number of aryl methyl sites for hydroxylation is 1. The highest BCUT2D eigenvalue weighted by Crippen LogP contribution is 2.27. The Hall–Kier alpha value is -2.73. The molecule has 28 heavy (non-hydrogen) atoms. The van der Waals surface area contributed by atoms with E-state index in [2.05, 4.69) is 24.1 Å². The standard InChI is InChI=1S/C22H23FN2O2S/c1-14(2)18-9-8-15(3)10-20(18)27-13-21(26)25-22-24-12-17(28-22)11-16-6-4-5-7-19(16)23/h4-10,12,14H,11,13H2,1-3H3,(H,24,25,26). The van der Waals surface area contributed by atoms with Gasteiger partial charge in [0.05, 0.1) is 0 Å². The monoisotopic (exact) mass is 398 g/mol. The van der Waals surface area contributed by atoms with Crippen LogP contribution in [0.5, 0.6) is 5.75 Å². The van der Waals surface area contributed by atoms with Gasteiger partial charge in [0.2, 0.25) is 0 Å². The van der Waals surface area contributed by atoms with Gasteiger partial charge in [-0.1, -0.05) is 44.2 Å². The van der Waals surface area contributed by atoms with E-state index < -0.39 is 0 Å². The molecule has 6 heteroatoms. The Balaban J connectivity index is 1.58. The molecule has 1 amide bonds. The number of carbonyl (C=O) groups is 1. The fourth-order valence-electron chi connectivity index (χ4n) is 2.82. The van der Waals surface area contributed by atoms with E-state index in [9.17, 15) is 9.18 Å². The normalized spacial score (nSPS) is 10.9. The van der Waals surface area contributed by atoms with Crippen LogP contribution >= 0.6 is 11.3 Å². The van der Waals surface area contributed by atoms with E-state index in [1.165, 1.54) is 17.4 Å². The summed E-state index contributed by atoms with van der Waals surface area (Å²) >= 11 is 1.33. The molecule has 0 aliphatic heterocycles. The van der Waals surface area contributed by atoms with Crippen LogP contribution in [-0.2, 0) is 11.2 Å². The third kappa shape index (κ3) is 5.16. The number of thiazole rings is 1. The van der Waals surface area contributed by atoms with Crippen LogP contribution in [0.15, 0.2) is 48.7 Å². The van der Waals surface area contributed by atoms with Gasteiger partial charge >= 0.3 is 0 Å². The molecule has 146 valence electrons. The quantitative estimate of drug-likeness (QED) is 0.586. The van der Waals surface area contributed by atoms with E-state index in [-0.39, 0.29) is 18.3 Å². The molecule has 0 saturated carbocycles. The Kier molecular flexibility index (Phi) is 6.41. The predicted molar refractivity (Wildman–Crippen MR) is 111 cm³/mol. The summed E-state index contributed by atoms with van der Waals surface area (Å²) in [5.41, 5.74) is 2.75. The summed E-state index contributed by atoms with van der Waals surface area (Å²) in [5, 5.41) is 3.23. The van der Waals surface area contributed by atoms with Crippen molar-refractivity contribution in [3.63, 3.8) is 0 Å². The highest BCUT2D eigenvalue weighted by molar-refractivity contribution is 7.15. The molecule has 3 rings (SSSR count). The first-order chi connectivity index (χ1) is 13.4. The first kappa shape index (κ1) is 20.0. The van der Waals surface area contributed by atoms with Gasteiger partial charge in [-0.3, -0.25) is 10.1 Å². The number of carbonyl (C=O) groups excluding carboxylic acids is 1. The zero-order valence-corrected chi connectivity index (χ0v) is 17.0. The number of nitrogens with zero attached hydrogens (tertiary/aromatic N) is 1. The fourth-order valence-corrected chi connectivity index (χ4v) is 3.67. The maximum atomic E-state index is 13.8. The van der Waals surface area contributed by atoms with Crippen molar-refractivity contribution in [3.8, 4) is 5.75 Å². The van der Waals surface area contributed by atoms with Gasteiger partial charge in [0.15, 0.2) is 11.7 Å². The molecule has 0 aliphatic rings. The smallest absolute Gasteiger partial charge is 0.264 e. The van der Waals surface area contributed by atoms with E-state index >= 15 is 0 Å². The molecule has 1 N–H and O–H groups in total. The largest absolute Gasteiger partial charge is 0.483 e. The van der Waals surface area contributed by atoms with Gasteiger partial charge in [0.25, 0.3) is 5.91 Å². The number of amides is 1. The van der Waals surface area contributed by atoms with Crippen molar-refractivity contribution in [2.24, 2.45) is 0 Å². The third-order valence-corrected chi connectivity index (χ3v) is 5.19. The molecule has 0 radical (unpaired) electrons. The molecule has 1 aromatic heterocycles. The summed E-state index contributed by atoms with van der Waals surface area (Å²) < 4.78 is 19.5. The molecule has 0 bridgehead atoms. The lowest BCUT2D eigenvalue weighted by Crippen LogP contribution is -2.20. The number of benzene rings is 2. The Morgan fingerprint density at radius 1 is 1.25 bits per heavy atom. The molecule has 3 aromatic rings. The van der Waals surface area contributed by atoms with Gasteiger partial charge in [-0.2, -0.15) is 0 Å². The minimum atomic E-state index is -0.275. The van der Waals surface area contributed by atoms with Gasteiger partial charge in [-0.15, -0.1) is 11.3 Å². The summed E-state index contributed by atoms with van der Waals surface area (Å²) in [4.78, 5) is 17.3. The van der Waals surface area contributed by atoms with Crippen LogP contribution in [0.25, 0.3) is 0 Å². The van der Waals surface area contributed by atoms with Crippen molar-refractivity contribution in [3.05, 3.63) is 76.0 Å². The molecule has 0 saturated heterocycles. The Labute approximate surface area is 168 Å². The number of ether oxygens (including phenoxy) is 1. The first-order valence-electron chi connectivity index (χ1n) is 9.13. The highest BCUT2D eigenvalue weighted by atomic mass is 32.1. The average molecular weight is 399 g/mol. The van der Waals surface area contributed by atoms with Crippen LogP contribution in [0.1, 0.15) is 41.3 Å². The molecule has 2 aromatic carbocycles. The summed E-state index contributed by atoms with van der Waals surface area (Å²) in [5.74, 6) is 0.514. The second-order valence-corrected chi connectivity index (χ2v) is 8.05. The van der Waals surface area contributed by atoms with Crippen molar-refractivity contribution in [1.82, 2.24) is 4.98 Å². The van der Waals surface area contributed by atoms with Crippen molar-refractivity contribution in [1.29, 1.82) is 0 Å². The Morgan fingerprint density at radius 2 is 2.04 bits per heavy atom. The van der Waals surface area contributed by atoms with E-state index in [4.69, 9.17) is 4.74 Å². The summed E-state index contributed by atoms with van der Waals surface area (Å²) in [6, 6.07) is 12.7. The third-order valence-electron chi connectivity index (χ3n) is 4.27. The number of anilines is 1. The van der Waals surface area contributed by atoms with Crippen LogP contribution in [0.3, 0.4) is 0 Å². The van der Waals surface area contributed by atoms with E-state index in [0.717, 1.165) is 21.8 Å². The van der Waals surface area contributed by atoms with Crippen LogP contribution in [-0.4, -0.2) is 17.5 Å². The predicted octanol–water partition coefficient (Wildman–Crippen LogP) is 5.32. The second-order valence-electron chi connectivity index (χ2n) is 6.93. The van der Waals surface area contributed by atoms with Crippen LogP contribution < -0.4 is 10.1 Å². The molecule has 0 spiro atoms. The summed E-state index contributed by atoms with van der Waals surface area (Å²) in [7, 11) is 0. The molecule has 0 atom stereocenters. The SMILES string of the molecule is Cc1ccc(C(C)C)c(OCC(=O)Nc2ncc(Cc3ccccc3F)s2)c1. The van der Waals surface area contributed by atoms with Crippen molar-refractivity contribution >= 4 is 22.4 Å². The maximum Gasteiger partial charge on any atom is 0.264 e. The zero-order valence-electron chi connectivity index (χ0n) is 16.2. The van der Waals surface area contributed by atoms with E-state index in [1.54, 1.807) is 24.4 Å². The number of hydrogen-bond acceptors (Lipinski definition) is 4. The topological polar surface area (TPSA) is 51.2 Å². The highest BCUT2D eigenvalue weighted by Gasteiger charge is 2.12. The fraction of sp³-hybridized carbons (Fsp3) is 0.273. The van der Waals surface area contributed by atoms with Crippen molar-refractivity contribution < 1.29 is 13.9 Å². The van der Waals surface area contributed by atoms with Crippen LogP contribution in [0.2, 0.25) is 0 Å². The second kappa shape index (κ2) is 8.97. The number of rotatable bonds is 7. The number of aromatic nitrogens is 1. The van der Waals surface area contributed by atoms with Crippen LogP contribution in [0, 0.1) is 12.7 Å². The minimum Gasteiger partial charge on any atom is -0.483 e. The molecule has 0 unspecified atom stereocenters. The number of hydrogen-bond donors (Lipinski definition) is 1. The van der Waals surface area contributed by atoms with Gasteiger partial charge in [-0.05, 0) is 41.7 Å². The maximum absolute atomic E-state index is 13.8. The van der Waals surface area contributed by atoms with E-state index in [0.29, 0.717) is 23.0 Å². The molecule has 4 nitrogen and oxygen atoms in total. The number of halogens is 1. The lowest BCUT2D eigenvalue weighted by atomic mass is 10.0. The molecular formula is C22H23FN2O2S. The molecular weight excluding hydrogens is 375 g/mol. The van der Waals surface area contributed by atoms with Gasteiger partial charge in [0, 0.05) is 17.5 Å². The Morgan fingerprint density at radius 3 is 2.79 bits per heavy atom. The first-order valence-corrected chi connectivity index (χ1v) is 9.95. The average Bonchev–Trinajstić information content (AvgIpc) is 3.08. The lowest BCUT2D eigenvalue weighted by molar-refractivity contribution is -0.118. The van der Waals surface area contributed by atoms with Gasteiger partial charge in [-0.25, -0.2) is 9.37 Å². The summed E-state index contributed by atoms with van der Waals surface area (Å²) in [6.45, 7) is 6.07. The van der Waals surface area contributed by atoms with Crippen molar-refractivity contribution in [2.75, 3.05) is 11.9 Å². The molecule has 0 fully saturated rings. The van der Waals surface area contributed by atoms with Gasteiger partial charge in [0.1, 0.15) is 11.6 Å². The van der Waals surface area contributed by atoms with E-state index in [1.807, 2.05) is 25.1 Å². The molecule has 1 heterocycles.